The van der Waals surface area contributed by atoms with Gasteiger partial charge >= 0.3 is 5.97 Å². The molecule has 1 N–H and O–H groups in total. The van der Waals surface area contributed by atoms with Gasteiger partial charge in [-0.15, -0.1) is 0 Å². The third-order valence-corrected chi connectivity index (χ3v) is 6.58. The highest BCUT2D eigenvalue weighted by molar-refractivity contribution is 6.30. The van der Waals surface area contributed by atoms with E-state index in [9.17, 15) is 14.4 Å². The molecule has 1 aromatic carbocycles. The molecule has 0 radical (unpaired) electrons. The van der Waals surface area contributed by atoms with Crippen LogP contribution in [0.5, 0.6) is 0 Å². The molecule has 0 aromatic heterocycles. The fourth-order valence-electron chi connectivity index (χ4n) is 5.05. The largest absolute Gasteiger partial charge is 0.465 e. The molecular formula is C22H28ClNO4. The molecule has 2 saturated carbocycles. The van der Waals surface area contributed by atoms with Gasteiger partial charge in [-0.25, -0.2) is 0 Å². The molecule has 2 aliphatic carbocycles. The lowest BCUT2D eigenvalue weighted by Gasteiger charge is -2.24. The van der Waals surface area contributed by atoms with E-state index in [1.54, 1.807) is 31.2 Å². The highest BCUT2D eigenvalue weighted by atomic mass is 35.5. The Labute approximate surface area is 171 Å². The topological polar surface area (TPSA) is 72.5 Å². The van der Waals surface area contributed by atoms with E-state index in [0.29, 0.717) is 34.9 Å². The molecule has 0 bridgehead atoms. The minimum absolute atomic E-state index is 0.0623. The lowest BCUT2D eigenvalue weighted by atomic mass is 9.83. The molecule has 2 aliphatic rings. The molecule has 1 amide bonds. The number of hydrogen-bond donors (Lipinski definition) is 1. The van der Waals surface area contributed by atoms with Gasteiger partial charge in [0.25, 0.3) is 5.91 Å². The summed E-state index contributed by atoms with van der Waals surface area (Å²) in [5.41, 5.74) is 0.602. The SMILES string of the molecule is CCOC(=O)C(C(C)=O)C1C[C@@H]2C([C@@H](CC)NC(=O)c3ccc(Cl)cc3)[C@@H]2C1. The summed E-state index contributed by atoms with van der Waals surface area (Å²) in [5, 5.41) is 3.77. The van der Waals surface area contributed by atoms with Crippen LogP contribution in [0.4, 0.5) is 0 Å². The molecule has 6 heteroatoms. The summed E-state index contributed by atoms with van der Waals surface area (Å²) < 4.78 is 5.11. The molecule has 5 nitrogen and oxygen atoms in total. The summed E-state index contributed by atoms with van der Waals surface area (Å²) in [4.78, 5) is 36.7. The molecule has 0 spiro atoms. The van der Waals surface area contributed by atoms with Gasteiger partial charge in [0, 0.05) is 16.6 Å². The highest BCUT2D eigenvalue weighted by Gasteiger charge is 2.60. The van der Waals surface area contributed by atoms with Crippen LogP contribution >= 0.6 is 11.6 Å². The Morgan fingerprint density at radius 2 is 1.75 bits per heavy atom. The van der Waals surface area contributed by atoms with E-state index in [1.165, 1.54) is 6.92 Å². The van der Waals surface area contributed by atoms with Gasteiger partial charge in [-0.1, -0.05) is 18.5 Å². The van der Waals surface area contributed by atoms with Crippen LogP contribution in [0.2, 0.25) is 5.02 Å². The van der Waals surface area contributed by atoms with Gasteiger partial charge in [-0.05, 0) is 81.0 Å². The van der Waals surface area contributed by atoms with E-state index in [2.05, 4.69) is 12.2 Å². The summed E-state index contributed by atoms with van der Waals surface area (Å²) in [5.74, 6) is 0.202. The van der Waals surface area contributed by atoms with E-state index >= 15 is 0 Å². The third-order valence-electron chi connectivity index (χ3n) is 6.32. The van der Waals surface area contributed by atoms with E-state index in [0.717, 1.165) is 19.3 Å². The van der Waals surface area contributed by atoms with Gasteiger partial charge in [-0.3, -0.25) is 14.4 Å². The number of amides is 1. The minimum atomic E-state index is -0.642. The monoisotopic (exact) mass is 405 g/mol. The van der Waals surface area contributed by atoms with Crippen LogP contribution in [0, 0.1) is 29.6 Å². The Morgan fingerprint density at radius 1 is 1.14 bits per heavy atom. The van der Waals surface area contributed by atoms with Crippen molar-refractivity contribution in [1.29, 1.82) is 0 Å². The summed E-state index contributed by atoms with van der Waals surface area (Å²) in [6.07, 6.45) is 2.56. The zero-order chi connectivity index (χ0) is 20.4. The summed E-state index contributed by atoms with van der Waals surface area (Å²) in [7, 11) is 0. The third kappa shape index (κ3) is 4.24. The summed E-state index contributed by atoms with van der Waals surface area (Å²) >= 11 is 5.89. The number of fused-ring (bicyclic) bond motifs is 1. The quantitative estimate of drug-likeness (QED) is 0.526. The average molecular weight is 406 g/mol. The van der Waals surface area contributed by atoms with Crippen molar-refractivity contribution in [2.45, 2.75) is 46.1 Å². The number of hydrogen-bond acceptors (Lipinski definition) is 4. The van der Waals surface area contributed by atoms with Crippen LogP contribution in [0.25, 0.3) is 0 Å². The van der Waals surface area contributed by atoms with Crippen molar-refractivity contribution >= 4 is 29.3 Å². The van der Waals surface area contributed by atoms with Crippen molar-refractivity contribution in [1.82, 2.24) is 5.32 Å². The number of nitrogens with one attached hydrogen (secondary N) is 1. The zero-order valence-electron chi connectivity index (χ0n) is 16.6. The molecule has 3 unspecified atom stereocenters. The van der Waals surface area contributed by atoms with Gasteiger partial charge in [0.15, 0.2) is 0 Å². The second kappa shape index (κ2) is 8.64. The molecule has 152 valence electrons. The van der Waals surface area contributed by atoms with Crippen LogP contribution < -0.4 is 5.32 Å². The van der Waals surface area contributed by atoms with Gasteiger partial charge in [0.2, 0.25) is 0 Å². The average Bonchev–Trinajstić information content (AvgIpc) is 3.13. The fraction of sp³-hybridized carbons (Fsp3) is 0.591. The van der Waals surface area contributed by atoms with E-state index in [-0.39, 0.29) is 29.6 Å². The fourth-order valence-corrected chi connectivity index (χ4v) is 5.17. The number of Topliss-reactive ketones (excluding diaryl/α,β-unsaturated/α-hetero) is 1. The van der Waals surface area contributed by atoms with Crippen LogP contribution in [-0.2, 0) is 14.3 Å². The lowest BCUT2D eigenvalue weighted by Crippen LogP contribution is -2.38. The first kappa shape index (κ1) is 20.8. The minimum Gasteiger partial charge on any atom is -0.465 e. The second-order valence-corrected chi connectivity index (χ2v) is 8.41. The van der Waals surface area contributed by atoms with Crippen molar-refractivity contribution in [2.24, 2.45) is 29.6 Å². The summed E-state index contributed by atoms with van der Waals surface area (Å²) in [6, 6.07) is 6.99. The zero-order valence-corrected chi connectivity index (χ0v) is 17.4. The van der Waals surface area contributed by atoms with Crippen LogP contribution in [0.1, 0.15) is 50.4 Å². The van der Waals surface area contributed by atoms with Crippen molar-refractivity contribution in [3.8, 4) is 0 Å². The van der Waals surface area contributed by atoms with E-state index in [1.807, 2.05) is 0 Å². The van der Waals surface area contributed by atoms with Gasteiger partial charge in [-0.2, -0.15) is 0 Å². The van der Waals surface area contributed by atoms with Crippen LogP contribution in [-0.4, -0.2) is 30.3 Å². The number of benzene rings is 1. The predicted molar refractivity (Wildman–Crippen MR) is 107 cm³/mol. The molecule has 0 heterocycles. The van der Waals surface area contributed by atoms with Crippen molar-refractivity contribution in [3.63, 3.8) is 0 Å². The number of carbonyl (C=O) groups is 3. The van der Waals surface area contributed by atoms with Crippen LogP contribution in [0.15, 0.2) is 24.3 Å². The Balaban J connectivity index is 1.59. The smallest absolute Gasteiger partial charge is 0.316 e. The number of rotatable bonds is 8. The lowest BCUT2D eigenvalue weighted by molar-refractivity contribution is -0.153. The second-order valence-electron chi connectivity index (χ2n) is 7.97. The van der Waals surface area contributed by atoms with Gasteiger partial charge < -0.3 is 10.1 Å². The molecule has 6 atom stereocenters. The number of esters is 1. The number of carbonyl (C=O) groups excluding carboxylic acids is 3. The molecule has 1 aromatic rings. The molecule has 2 fully saturated rings. The predicted octanol–water partition coefficient (Wildman–Crippen LogP) is 3.89. The number of ether oxygens (including phenoxy) is 1. The first-order chi connectivity index (χ1) is 13.4. The Bertz CT molecular complexity index is 735. The van der Waals surface area contributed by atoms with Gasteiger partial charge in [0.05, 0.1) is 6.61 Å². The molecular weight excluding hydrogens is 378 g/mol. The van der Waals surface area contributed by atoms with E-state index in [4.69, 9.17) is 16.3 Å². The molecule has 28 heavy (non-hydrogen) atoms. The molecule has 3 rings (SSSR count). The first-order valence-electron chi connectivity index (χ1n) is 10.1. The Hall–Kier alpha value is -1.88. The molecule has 0 saturated heterocycles. The van der Waals surface area contributed by atoms with Crippen molar-refractivity contribution in [3.05, 3.63) is 34.9 Å². The Morgan fingerprint density at radius 3 is 2.25 bits per heavy atom. The number of halogens is 1. The van der Waals surface area contributed by atoms with Crippen molar-refractivity contribution < 1.29 is 19.1 Å². The maximum absolute atomic E-state index is 12.5. The first-order valence-corrected chi connectivity index (χ1v) is 10.5. The van der Waals surface area contributed by atoms with Gasteiger partial charge in [0.1, 0.15) is 11.7 Å². The maximum Gasteiger partial charge on any atom is 0.316 e. The molecule has 0 aliphatic heterocycles. The van der Waals surface area contributed by atoms with Crippen molar-refractivity contribution in [2.75, 3.05) is 6.61 Å². The Kier molecular flexibility index (Phi) is 6.43. The standard InChI is InChI=1S/C22H28ClNO4/c1-4-18(24-21(26)13-6-8-15(23)9-7-13)20-16-10-14(11-17(16)20)19(12(3)25)22(27)28-5-2/h6-9,14,16-20H,4-5,10-11H2,1-3H3,(H,24,26)/t14?,16-,17+,18-,19?,20?/m1/s1. The highest BCUT2D eigenvalue weighted by Crippen LogP contribution is 2.62. The number of ketones is 1. The maximum atomic E-state index is 12.5. The van der Waals surface area contributed by atoms with Crippen LogP contribution in [0.3, 0.4) is 0 Å². The normalized spacial score (nSPS) is 27.4. The summed E-state index contributed by atoms with van der Waals surface area (Å²) in [6.45, 7) is 5.60. The van der Waals surface area contributed by atoms with E-state index < -0.39 is 5.92 Å².